The van der Waals surface area contributed by atoms with Gasteiger partial charge in [0.2, 0.25) is 6.79 Å². The third-order valence-electron chi connectivity index (χ3n) is 5.94. The van der Waals surface area contributed by atoms with Crippen LogP contribution in [0.3, 0.4) is 0 Å². The van der Waals surface area contributed by atoms with E-state index >= 15 is 0 Å². The minimum Gasteiger partial charge on any atom is -0.454 e. The number of carbonyl (C=O) groups is 1. The summed E-state index contributed by atoms with van der Waals surface area (Å²) in [6.07, 6.45) is 0.866. The Morgan fingerprint density at radius 1 is 0.889 bits per heavy atom. The second-order valence-electron chi connectivity index (χ2n) is 8.62. The summed E-state index contributed by atoms with van der Waals surface area (Å²) in [5, 5.41) is 6.75. The van der Waals surface area contributed by atoms with E-state index in [1.807, 2.05) is 36.4 Å². The average molecular weight is 488 g/mol. The fourth-order valence-corrected chi connectivity index (χ4v) is 4.03. The average Bonchev–Trinajstić information content (AvgIpc) is 3.57. The Bertz CT molecular complexity index is 1310. The Kier molecular flexibility index (Phi) is 7.23. The fraction of sp³-hybridized carbons (Fsp3) is 0.214. The molecule has 0 saturated heterocycles. The maximum Gasteiger partial charge on any atom is 0.273 e. The number of rotatable bonds is 10. The lowest BCUT2D eigenvalue weighted by Gasteiger charge is -2.21. The molecule has 1 N–H and O–H groups in total. The summed E-state index contributed by atoms with van der Waals surface area (Å²) < 4.78 is 29.5. The molecule has 0 bridgehead atoms. The lowest BCUT2D eigenvalue weighted by molar-refractivity contribution is 0.0941. The van der Waals surface area contributed by atoms with E-state index in [0.717, 1.165) is 35.6 Å². The summed E-state index contributed by atoms with van der Waals surface area (Å²) in [5.74, 6) is 1.43. The highest BCUT2D eigenvalue weighted by atomic mass is 19.1. The first-order chi connectivity index (χ1) is 17.6. The van der Waals surface area contributed by atoms with E-state index in [4.69, 9.17) is 14.0 Å². The van der Waals surface area contributed by atoms with Crippen LogP contribution in [0.4, 0.5) is 4.39 Å². The van der Waals surface area contributed by atoms with Gasteiger partial charge in [0.1, 0.15) is 5.82 Å². The van der Waals surface area contributed by atoms with E-state index in [0.29, 0.717) is 18.8 Å². The molecule has 0 aliphatic carbocycles. The molecule has 1 aliphatic heterocycles. The van der Waals surface area contributed by atoms with Crippen LogP contribution in [0, 0.1) is 5.82 Å². The minimum absolute atomic E-state index is 0.207. The Balaban J connectivity index is 1.24. The molecule has 4 aromatic rings. The van der Waals surface area contributed by atoms with Gasteiger partial charge in [0.05, 0.1) is 6.54 Å². The van der Waals surface area contributed by atoms with E-state index in [2.05, 4.69) is 27.5 Å². The first-order valence-corrected chi connectivity index (χ1v) is 11.8. The highest BCUT2D eigenvalue weighted by molar-refractivity contribution is 5.92. The van der Waals surface area contributed by atoms with Gasteiger partial charge in [0.25, 0.3) is 5.91 Å². The van der Waals surface area contributed by atoms with Crippen molar-refractivity contribution >= 4 is 5.91 Å². The molecule has 1 aromatic heterocycles. The molecular formula is C28H26FN3O4. The van der Waals surface area contributed by atoms with Gasteiger partial charge in [-0.05, 0) is 47.4 Å². The monoisotopic (exact) mass is 487 g/mol. The number of amides is 1. The number of fused-ring (bicyclic) bond motifs is 1. The predicted molar refractivity (Wildman–Crippen MR) is 131 cm³/mol. The van der Waals surface area contributed by atoms with Crippen LogP contribution in [0.25, 0.3) is 0 Å². The summed E-state index contributed by atoms with van der Waals surface area (Å²) >= 11 is 0. The molecular weight excluding hydrogens is 461 g/mol. The van der Waals surface area contributed by atoms with Gasteiger partial charge in [-0.2, -0.15) is 0 Å². The van der Waals surface area contributed by atoms with Gasteiger partial charge in [0, 0.05) is 25.7 Å². The molecule has 0 atom stereocenters. The number of aromatic nitrogens is 1. The van der Waals surface area contributed by atoms with Crippen molar-refractivity contribution in [1.29, 1.82) is 0 Å². The number of ether oxygens (including phenoxy) is 2. The molecule has 1 aliphatic rings. The van der Waals surface area contributed by atoms with Crippen molar-refractivity contribution < 1.29 is 23.2 Å². The van der Waals surface area contributed by atoms with E-state index in [-0.39, 0.29) is 30.8 Å². The van der Waals surface area contributed by atoms with Crippen molar-refractivity contribution in [3.05, 3.63) is 113 Å². The van der Waals surface area contributed by atoms with Gasteiger partial charge in [0.15, 0.2) is 23.0 Å². The molecule has 184 valence electrons. The molecule has 5 rings (SSSR count). The smallest absolute Gasteiger partial charge is 0.273 e. The van der Waals surface area contributed by atoms with Gasteiger partial charge in [-0.15, -0.1) is 0 Å². The number of hydrogen-bond acceptors (Lipinski definition) is 6. The van der Waals surface area contributed by atoms with Crippen molar-refractivity contribution in [2.75, 3.05) is 13.3 Å². The first-order valence-electron chi connectivity index (χ1n) is 11.8. The van der Waals surface area contributed by atoms with Crippen molar-refractivity contribution in [3.63, 3.8) is 0 Å². The number of hydrogen-bond donors (Lipinski definition) is 1. The highest BCUT2D eigenvalue weighted by Gasteiger charge is 2.18. The van der Waals surface area contributed by atoms with Crippen LogP contribution in [0.15, 0.2) is 83.4 Å². The number of nitrogens with zero attached hydrogens (tertiary/aromatic N) is 2. The van der Waals surface area contributed by atoms with E-state index in [9.17, 15) is 9.18 Å². The van der Waals surface area contributed by atoms with E-state index < -0.39 is 0 Å². The molecule has 8 heteroatoms. The van der Waals surface area contributed by atoms with Gasteiger partial charge in [-0.3, -0.25) is 9.69 Å². The maximum atomic E-state index is 13.1. The predicted octanol–water partition coefficient (Wildman–Crippen LogP) is 4.72. The third kappa shape index (κ3) is 6.09. The lowest BCUT2D eigenvalue weighted by atomic mass is 10.1. The molecule has 1 amide bonds. The molecule has 0 spiro atoms. The van der Waals surface area contributed by atoms with Crippen molar-refractivity contribution in [3.8, 4) is 11.5 Å². The topological polar surface area (TPSA) is 76.8 Å². The fourth-order valence-electron chi connectivity index (χ4n) is 4.03. The molecule has 36 heavy (non-hydrogen) atoms. The number of halogens is 1. The maximum absolute atomic E-state index is 13.1. The number of nitrogens with one attached hydrogen (secondary N) is 1. The van der Waals surface area contributed by atoms with E-state index in [1.165, 1.54) is 17.7 Å². The van der Waals surface area contributed by atoms with Gasteiger partial charge >= 0.3 is 0 Å². The lowest BCUT2D eigenvalue weighted by Crippen LogP contribution is -2.25. The second kappa shape index (κ2) is 11.0. The SMILES string of the molecule is O=C(NCc1ccc(F)cc1)c1cc(CN(CCc2ccccc2)Cc2ccc3c(c2)OCO3)on1. The van der Waals surface area contributed by atoms with Crippen LogP contribution < -0.4 is 14.8 Å². The van der Waals surface area contributed by atoms with Crippen molar-refractivity contribution in [1.82, 2.24) is 15.4 Å². The van der Waals surface area contributed by atoms with Gasteiger partial charge < -0.3 is 19.3 Å². The summed E-state index contributed by atoms with van der Waals surface area (Å²) in [5.41, 5.74) is 3.33. The zero-order valence-electron chi connectivity index (χ0n) is 19.7. The van der Waals surface area contributed by atoms with Crippen LogP contribution in [0.5, 0.6) is 11.5 Å². The summed E-state index contributed by atoms with van der Waals surface area (Å²) in [4.78, 5) is 14.8. The number of carbonyl (C=O) groups excluding carboxylic acids is 1. The number of benzene rings is 3. The molecule has 0 fully saturated rings. The second-order valence-corrected chi connectivity index (χ2v) is 8.62. The normalized spacial score (nSPS) is 12.2. The minimum atomic E-state index is -0.346. The van der Waals surface area contributed by atoms with E-state index in [1.54, 1.807) is 18.2 Å². The third-order valence-corrected chi connectivity index (χ3v) is 5.94. The summed E-state index contributed by atoms with van der Waals surface area (Å²) in [6, 6.07) is 23.9. The van der Waals surface area contributed by atoms with Crippen LogP contribution in [0.2, 0.25) is 0 Å². The molecule has 7 nitrogen and oxygen atoms in total. The highest BCUT2D eigenvalue weighted by Crippen LogP contribution is 2.33. The van der Waals surface area contributed by atoms with Gasteiger partial charge in [-0.1, -0.05) is 53.7 Å². The summed E-state index contributed by atoms with van der Waals surface area (Å²) in [7, 11) is 0. The largest absolute Gasteiger partial charge is 0.454 e. The van der Waals surface area contributed by atoms with Crippen LogP contribution in [-0.4, -0.2) is 29.3 Å². The van der Waals surface area contributed by atoms with Crippen molar-refractivity contribution in [2.24, 2.45) is 0 Å². The zero-order chi connectivity index (χ0) is 24.7. The molecule has 2 heterocycles. The zero-order valence-corrected chi connectivity index (χ0v) is 19.7. The molecule has 0 unspecified atom stereocenters. The Labute approximate surface area is 208 Å². The standard InChI is InChI=1S/C28H26FN3O4/c29-23-9-6-21(7-10-23)16-30-28(33)25-15-24(36-31-25)18-32(13-12-20-4-2-1-3-5-20)17-22-8-11-26-27(14-22)35-19-34-26/h1-11,14-15H,12-13,16-19H2,(H,30,33). The Morgan fingerprint density at radius 3 is 2.50 bits per heavy atom. The van der Waals surface area contributed by atoms with Gasteiger partial charge in [-0.25, -0.2) is 4.39 Å². The molecule has 0 radical (unpaired) electrons. The van der Waals surface area contributed by atoms with Crippen LogP contribution in [0.1, 0.15) is 32.9 Å². The first kappa shape index (κ1) is 23.6. The Hall–Kier alpha value is -4.17. The Morgan fingerprint density at radius 2 is 1.67 bits per heavy atom. The van der Waals surface area contributed by atoms with Crippen LogP contribution in [-0.2, 0) is 26.1 Å². The quantitative estimate of drug-likeness (QED) is 0.349. The van der Waals surface area contributed by atoms with Crippen molar-refractivity contribution in [2.45, 2.75) is 26.1 Å². The summed E-state index contributed by atoms with van der Waals surface area (Å²) in [6.45, 7) is 2.44. The molecule has 3 aromatic carbocycles. The van der Waals surface area contributed by atoms with Crippen LogP contribution >= 0.6 is 0 Å². The molecule has 0 saturated carbocycles.